The molecule has 2 heterocycles. The first-order chi connectivity index (χ1) is 10.7. The maximum absolute atomic E-state index is 6.00. The van der Waals surface area contributed by atoms with Gasteiger partial charge in [0.1, 0.15) is 19.8 Å². The Bertz CT molecular complexity index is 684. The highest BCUT2D eigenvalue weighted by Crippen LogP contribution is 2.39. The molecule has 0 radical (unpaired) electrons. The molecule has 1 aliphatic rings. The molecule has 2 unspecified atom stereocenters. The lowest BCUT2D eigenvalue weighted by Crippen LogP contribution is -2.42. The molecule has 1 aliphatic heterocycles. The topological polar surface area (TPSA) is 43.2 Å². The van der Waals surface area contributed by atoms with Crippen molar-refractivity contribution in [2.24, 2.45) is 0 Å². The molecule has 5 nitrogen and oxygen atoms in total. The number of fused-ring (bicyclic) bond motifs is 1. The zero-order valence-electron chi connectivity index (χ0n) is 13.4. The highest BCUT2D eigenvalue weighted by molar-refractivity contribution is 7.34. The first-order valence-electron chi connectivity index (χ1n) is 7.84. The zero-order valence-corrected chi connectivity index (χ0v) is 14.4. The molecule has 0 aliphatic carbocycles. The standard InChI is InChI=1S/C16H23N4OP/c1-4-13-10-11-19(12-13)16(3,5-2)22-21-20-15-9-7-6-8-14(15)17-18-20/h6-10,22H,4-5,11-12H2,1-3H3. The number of benzene rings is 1. The van der Waals surface area contributed by atoms with E-state index in [1.165, 1.54) is 5.57 Å². The Morgan fingerprint density at radius 2 is 2.14 bits per heavy atom. The minimum atomic E-state index is 0.0282. The van der Waals surface area contributed by atoms with Crippen LogP contribution in [-0.2, 0) is 0 Å². The lowest BCUT2D eigenvalue weighted by molar-refractivity contribution is 0.190. The predicted molar refractivity (Wildman–Crippen MR) is 91.1 cm³/mol. The summed E-state index contributed by atoms with van der Waals surface area (Å²) in [5, 5.41) is 8.28. The van der Waals surface area contributed by atoms with Gasteiger partial charge in [0, 0.05) is 13.1 Å². The first kappa shape index (κ1) is 15.4. The van der Waals surface area contributed by atoms with Crippen LogP contribution >= 0.6 is 8.81 Å². The van der Waals surface area contributed by atoms with Crippen molar-refractivity contribution in [1.82, 2.24) is 20.1 Å². The maximum Gasteiger partial charge on any atom is 0.131 e. The molecule has 6 heteroatoms. The normalized spacial score (nSPS) is 19.0. The Morgan fingerprint density at radius 3 is 2.86 bits per heavy atom. The van der Waals surface area contributed by atoms with Crippen LogP contribution in [0.25, 0.3) is 11.0 Å². The van der Waals surface area contributed by atoms with E-state index in [1.54, 1.807) is 4.85 Å². The number of hydrogen-bond donors (Lipinski definition) is 0. The Kier molecular flexibility index (Phi) is 4.46. The van der Waals surface area contributed by atoms with Crippen molar-refractivity contribution in [3.63, 3.8) is 0 Å². The summed E-state index contributed by atoms with van der Waals surface area (Å²) in [6, 6.07) is 7.87. The monoisotopic (exact) mass is 318 g/mol. The van der Waals surface area contributed by atoms with Crippen LogP contribution < -0.4 is 4.62 Å². The van der Waals surface area contributed by atoms with Crippen LogP contribution in [0.2, 0.25) is 0 Å². The summed E-state index contributed by atoms with van der Waals surface area (Å²) in [7, 11) is 0.312. The Morgan fingerprint density at radius 1 is 1.32 bits per heavy atom. The molecule has 0 fully saturated rings. The SMILES string of the molecule is CCC1=CCN(C(C)(CC)POn2nnc3ccccc32)C1. The van der Waals surface area contributed by atoms with Crippen LogP contribution in [0.4, 0.5) is 0 Å². The third-order valence-electron chi connectivity index (χ3n) is 4.51. The Balaban J connectivity index is 1.71. The van der Waals surface area contributed by atoms with Crippen molar-refractivity contribution in [2.75, 3.05) is 13.1 Å². The third kappa shape index (κ3) is 2.88. The second-order valence-electron chi connectivity index (χ2n) is 5.87. The molecule has 0 bridgehead atoms. The zero-order chi connectivity index (χ0) is 15.6. The highest BCUT2D eigenvalue weighted by Gasteiger charge is 2.34. The van der Waals surface area contributed by atoms with Gasteiger partial charge in [-0.05, 0) is 37.1 Å². The fraction of sp³-hybridized carbons (Fsp3) is 0.500. The van der Waals surface area contributed by atoms with Gasteiger partial charge in [-0.1, -0.05) is 42.5 Å². The summed E-state index contributed by atoms with van der Waals surface area (Å²) in [4.78, 5) is 4.06. The number of nitrogens with zero attached hydrogens (tertiary/aromatic N) is 4. The molecule has 0 spiro atoms. The third-order valence-corrected chi connectivity index (χ3v) is 5.88. The van der Waals surface area contributed by atoms with E-state index in [2.05, 4.69) is 42.1 Å². The summed E-state index contributed by atoms with van der Waals surface area (Å²) in [5.41, 5.74) is 3.31. The average Bonchev–Trinajstić information content (AvgIpc) is 3.20. The van der Waals surface area contributed by atoms with Crippen molar-refractivity contribution in [2.45, 2.75) is 38.9 Å². The van der Waals surface area contributed by atoms with Crippen LogP contribution in [0, 0.1) is 0 Å². The first-order valence-corrected chi connectivity index (χ1v) is 8.75. The summed E-state index contributed by atoms with van der Waals surface area (Å²) >= 11 is 0. The number of rotatable bonds is 6. The fourth-order valence-corrected chi connectivity index (χ4v) is 3.52. The van der Waals surface area contributed by atoms with E-state index >= 15 is 0 Å². The number of para-hydroxylation sites is 1. The second-order valence-corrected chi connectivity index (χ2v) is 7.33. The van der Waals surface area contributed by atoms with Gasteiger partial charge >= 0.3 is 0 Å². The van der Waals surface area contributed by atoms with Gasteiger partial charge in [0.15, 0.2) is 0 Å². The Labute approximate surface area is 133 Å². The van der Waals surface area contributed by atoms with E-state index in [0.29, 0.717) is 8.81 Å². The molecule has 2 aromatic rings. The van der Waals surface area contributed by atoms with Gasteiger partial charge in [-0.3, -0.25) is 4.90 Å². The van der Waals surface area contributed by atoms with Gasteiger partial charge in [-0.2, -0.15) is 0 Å². The molecule has 22 heavy (non-hydrogen) atoms. The van der Waals surface area contributed by atoms with Crippen LogP contribution in [0.5, 0.6) is 0 Å². The molecule has 1 aromatic heterocycles. The Hall–Kier alpha value is -1.45. The minimum Gasteiger partial charge on any atom is -0.377 e. The molecule has 118 valence electrons. The summed E-state index contributed by atoms with van der Waals surface area (Å²) in [6.45, 7) is 8.78. The van der Waals surface area contributed by atoms with E-state index in [9.17, 15) is 0 Å². The minimum absolute atomic E-state index is 0.0282. The molecule has 0 saturated heterocycles. The van der Waals surface area contributed by atoms with Crippen molar-refractivity contribution in [3.05, 3.63) is 35.9 Å². The molecule has 0 saturated carbocycles. The summed E-state index contributed by atoms with van der Waals surface area (Å²) in [5.74, 6) is 0. The largest absolute Gasteiger partial charge is 0.377 e. The summed E-state index contributed by atoms with van der Waals surface area (Å²) in [6.07, 6.45) is 4.53. The van der Waals surface area contributed by atoms with Crippen molar-refractivity contribution < 1.29 is 4.62 Å². The van der Waals surface area contributed by atoms with Crippen LogP contribution in [0.15, 0.2) is 35.9 Å². The van der Waals surface area contributed by atoms with E-state index in [1.807, 2.05) is 24.3 Å². The van der Waals surface area contributed by atoms with Crippen LogP contribution in [-0.4, -0.2) is 38.4 Å². The van der Waals surface area contributed by atoms with E-state index in [-0.39, 0.29) is 5.28 Å². The lowest BCUT2D eigenvalue weighted by atomic mass is 10.2. The number of aromatic nitrogens is 3. The smallest absolute Gasteiger partial charge is 0.131 e. The summed E-state index contributed by atoms with van der Waals surface area (Å²) < 4.78 is 6.00. The van der Waals surface area contributed by atoms with Gasteiger partial charge in [0.2, 0.25) is 0 Å². The molecule has 1 aromatic carbocycles. The van der Waals surface area contributed by atoms with Gasteiger partial charge in [-0.25, -0.2) is 0 Å². The van der Waals surface area contributed by atoms with Gasteiger partial charge < -0.3 is 4.62 Å². The van der Waals surface area contributed by atoms with E-state index in [0.717, 1.165) is 37.0 Å². The quantitative estimate of drug-likeness (QED) is 0.606. The second kappa shape index (κ2) is 6.35. The fourth-order valence-electron chi connectivity index (χ4n) is 2.66. The van der Waals surface area contributed by atoms with Gasteiger partial charge in [-0.15, -0.1) is 5.10 Å². The van der Waals surface area contributed by atoms with E-state index in [4.69, 9.17) is 4.62 Å². The van der Waals surface area contributed by atoms with Crippen molar-refractivity contribution >= 4 is 19.8 Å². The van der Waals surface area contributed by atoms with Crippen molar-refractivity contribution in [3.8, 4) is 0 Å². The molecule has 0 amide bonds. The average molecular weight is 318 g/mol. The molecule has 0 N–H and O–H groups in total. The predicted octanol–water partition coefficient (Wildman–Crippen LogP) is 3.23. The van der Waals surface area contributed by atoms with Crippen molar-refractivity contribution in [1.29, 1.82) is 0 Å². The maximum atomic E-state index is 6.00. The van der Waals surface area contributed by atoms with Gasteiger partial charge in [0.05, 0.1) is 5.28 Å². The van der Waals surface area contributed by atoms with Gasteiger partial charge in [0.25, 0.3) is 0 Å². The number of hydrogen-bond acceptors (Lipinski definition) is 4. The lowest BCUT2D eigenvalue weighted by Gasteiger charge is -2.37. The van der Waals surface area contributed by atoms with E-state index < -0.39 is 0 Å². The van der Waals surface area contributed by atoms with Crippen LogP contribution in [0.3, 0.4) is 0 Å². The molecular formula is C16H23N4OP. The van der Waals surface area contributed by atoms with Crippen LogP contribution in [0.1, 0.15) is 33.6 Å². The molecular weight excluding hydrogens is 295 g/mol. The highest BCUT2D eigenvalue weighted by atomic mass is 31.1. The molecule has 2 atom stereocenters. The molecule has 3 rings (SSSR count).